The number of piperazine rings is 1. The first-order chi connectivity index (χ1) is 19.6. The number of anilines is 1. The van der Waals surface area contributed by atoms with E-state index in [1.54, 1.807) is 0 Å². The van der Waals surface area contributed by atoms with E-state index in [1.807, 2.05) is 18.6 Å². The number of aromatic amines is 2. The molecule has 10 nitrogen and oxygen atoms in total. The lowest BCUT2D eigenvalue weighted by atomic mass is 10.1. The number of hydrogen-bond donors (Lipinski definition) is 4. The topological polar surface area (TPSA) is 128 Å². The Morgan fingerprint density at radius 3 is 2.55 bits per heavy atom. The summed E-state index contributed by atoms with van der Waals surface area (Å²) in [6, 6.07) is 10.7. The Balaban J connectivity index is 0.000000758. The van der Waals surface area contributed by atoms with Gasteiger partial charge >= 0.3 is 0 Å². The minimum atomic E-state index is 0.737. The van der Waals surface area contributed by atoms with Crippen LogP contribution in [0.3, 0.4) is 0 Å². The third-order valence-corrected chi connectivity index (χ3v) is 7.15. The lowest BCUT2D eigenvalue weighted by Gasteiger charge is -2.34. The Hall–Kier alpha value is -3.86. The maximum Gasteiger partial charge on any atom is 0.159 e. The van der Waals surface area contributed by atoms with Crippen molar-refractivity contribution in [2.45, 2.75) is 33.2 Å². The second-order valence-electron chi connectivity index (χ2n) is 10.3. The highest BCUT2D eigenvalue weighted by atomic mass is 15.2. The van der Waals surface area contributed by atoms with E-state index in [9.17, 15) is 0 Å². The fourth-order valence-electron chi connectivity index (χ4n) is 4.76. The maximum absolute atomic E-state index is 5.03. The van der Waals surface area contributed by atoms with Crippen molar-refractivity contribution in [3.63, 3.8) is 0 Å². The molecule has 0 spiro atoms. The largest absolute Gasteiger partial charge is 0.369 e. The lowest BCUT2D eigenvalue weighted by molar-refractivity contribution is 0.313. The number of nitrogens with two attached hydrogens (primary N) is 1. The Morgan fingerprint density at radius 2 is 1.77 bits per heavy atom. The SMILES string of the molecule is CCCN.CCCNCc1cncc(-c2cnc3[nH]nc(-c4nc5cc(N6CCN(C)CC6)ccc5[nH]4)c3c2)c1. The van der Waals surface area contributed by atoms with Gasteiger partial charge in [-0.2, -0.15) is 5.10 Å². The standard InChI is InChI=1S/C27H31N9.C3H9N/c1-3-6-28-14-18-11-19(16-29-15-18)20-12-22-25(33-34-26(22)30-17-20)27-31-23-5-4-21(13-24(23)32-27)36-9-7-35(2)8-10-36;1-2-3-4/h4-5,11-13,15-17,28H,3,6-10,14H2,1-2H3,(H,31,32)(H,30,33,34);2-4H2,1H3. The first kappa shape index (κ1) is 27.7. The van der Waals surface area contributed by atoms with Gasteiger partial charge in [0.2, 0.25) is 0 Å². The summed E-state index contributed by atoms with van der Waals surface area (Å²) in [5, 5.41) is 12.0. The van der Waals surface area contributed by atoms with Crippen LogP contribution in [-0.2, 0) is 6.54 Å². The van der Waals surface area contributed by atoms with Gasteiger partial charge in [0.05, 0.1) is 16.4 Å². The van der Waals surface area contributed by atoms with E-state index in [1.165, 1.54) is 5.69 Å². The van der Waals surface area contributed by atoms with Gasteiger partial charge in [0.15, 0.2) is 11.5 Å². The predicted octanol–water partition coefficient (Wildman–Crippen LogP) is 4.17. The van der Waals surface area contributed by atoms with Crippen LogP contribution in [-0.4, -0.2) is 81.3 Å². The lowest BCUT2D eigenvalue weighted by Crippen LogP contribution is -2.44. The highest BCUT2D eigenvalue weighted by molar-refractivity contribution is 5.93. The summed E-state index contributed by atoms with van der Waals surface area (Å²) in [6.45, 7) is 11.0. The van der Waals surface area contributed by atoms with Crippen molar-refractivity contribution >= 4 is 27.8 Å². The monoisotopic (exact) mass is 540 g/mol. The molecule has 4 aromatic heterocycles. The van der Waals surface area contributed by atoms with Crippen LogP contribution in [0.15, 0.2) is 48.9 Å². The predicted molar refractivity (Wildman–Crippen MR) is 163 cm³/mol. The summed E-state index contributed by atoms with van der Waals surface area (Å²) < 4.78 is 0. The van der Waals surface area contributed by atoms with Crippen LogP contribution in [0.1, 0.15) is 32.3 Å². The van der Waals surface area contributed by atoms with Crippen molar-refractivity contribution in [1.82, 2.24) is 40.3 Å². The van der Waals surface area contributed by atoms with Crippen LogP contribution in [0, 0.1) is 0 Å². The molecule has 0 radical (unpaired) electrons. The third kappa shape index (κ3) is 6.30. The molecule has 5 aromatic rings. The molecule has 0 atom stereocenters. The summed E-state index contributed by atoms with van der Waals surface area (Å²) in [7, 11) is 2.17. The molecule has 0 saturated carbocycles. The van der Waals surface area contributed by atoms with Crippen LogP contribution in [0.5, 0.6) is 0 Å². The van der Waals surface area contributed by atoms with Gasteiger partial charge in [-0.05, 0) is 68.9 Å². The zero-order valence-corrected chi connectivity index (χ0v) is 23.7. The molecule has 1 fully saturated rings. The number of H-pyrrole nitrogens is 2. The average molecular weight is 541 g/mol. The van der Waals surface area contributed by atoms with Crippen LogP contribution < -0.4 is 16.0 Å². The minimum absolute atomic E-state index is 0.737. The fraction of sp³-hybridized carbons (Fsp3) is 0.400. The molecule has 0 bridgehead atoms. The molecule has 40 heavy (non-hydrogen) atoms. The van der Waals surface area contributed by atoms with Gasteiger partial charge in [0.25, 0.3) is 0 Å². The Labute approximate surface area is 235 Å². The molecule has 1 aliphatic rings. The fourth-order valence-corrected chi connectivity index (χ4v) is 4.76. The molecule has 1 saturated heterocycles. The van der Waals surface area contributed by atoms with Crippen LogP contribution in [0.2, 0.25) is 0 Å². The summed E-state index contributed by atoms with van der Waals surface area (Å²) >= 11 is 0. The first-order valence-electron chi connectivity index (χ1n) is 14.2. The molecule has 5 N–H and O–H groups in total. The van der Waals surface area contributed by atoms with Crippen molar-refractivity contribution in [2.75, 3.05) is 51.2 Å². The number of aromatic nitrogens is 6. The Kier molecular flexibility index (Phi) is 9.00. The highest BCUT2D eigenvalue weighted by Crippen LogP contribution is 2.30. The molecule has 5 heterocycles. The van der Waals surface area contributed by atoms with Crippen molar-refractivity contribution in [2.24, 2.45) is 5.73 Å². The van der Waals surface area contributed by atoms with E-state index >= 15 is 0 Å². The molecule has 10 heteroatoms. The number of fused-ring (bicyclic) bond motifs is 2. The van der Waals surface area contributed by atoms with Gasteiger partial charge in [-0.3, -0.25) is 10.1 Å². The summed E-state index contributed by atoms with van der Waals surface area (Å²) in [6.07, 6.45) is 7.86. The number of benzene rings is 1. The van der Waals surface area contributed by atoms with Crippen molar-refractivity contribution in [1.29, 1.82) is 0 Å². The molecule has 1 aromatic carbocycles. The normalized spacial score (nSPS) is 14.1. The van der Waals surface area contributed by atoms with Gasteiger partial charge in [-0.25, -0.2) is 9.97 Å². The molecule has 0 unspecified atom stereocenters. The zero-order chi connectivity index (χ0) is 27.9. The quantitative estimate of drug-likeness (QED) is 0.216. The first-order valence-corrected chi connectivity index (χ1v) is 14.2. The average Bonchev–Trinajstić information content (AvgIpc) is 3.61. The Bertz CT molecular complexity index is 1530. The van der Waals surface area contributed by atoms with Crippen molar-refractivity contribution in [3.8, 4) is 22.6 Å². The van der Waals surface area contributed by atoms with E-state index in [-0.39, 0.29) is 0 Å². The van der Waals surface area contributed by atoms with Crippen molar-refractivity contribution in [3.05, 3.63) is 54.5 Å². The second-order valence-corrected chi connectivity index (χ2v) is 10.3. The maximum atomic E-state index is 5.03. The van der Waals surface area contributed by atoms with Gasteiger partial charge in [-0.15, -0.1) is 0 Å². The van der Waals surface area contributed by atoms with Crippen LogP contribution in [0.25, 0.3) is 44.7 Å². The number of likely N-dealkylation sites (N-methyl/N-ethyl adjacent to an activating group) is 1. The number of nitrogens with one attached hydrogen (secondary N) is 3. The molecule has 0 aliphatic carbocycles. The summed E-state index contributed by atoms with van der Waals surface area (Å²) in [5.41, 5.74) is 12.9. The second kappa shape index (κ2) is 13.0. The Morgan fingerprint density at radius 1 is 0.975 bits per heavy atom. The van der Waals surface area contributed by atoms with Gasteiger partial charge in [0.1, 0.15) is 5.69 Å². The molecule has 0 amide bonds. The molecular weight excluding hydrogens is 500 g/mol. The summed E-state index contributed by atoms with van der Waals surface area (Å²) in [5.74, 6) is 0.737. The summed E-state index contributed by atoms with van der Waals surface area (Å²) in [4.78, 5) is 22.2. The molecule has 210 valence electrons. The molecule has 6 rings (SSSR count). The van der Waals surface area contributed by atoms with Gasteiger partial charge in [0, 0.05) is 68.1 Å². The van der Waals surface area contributed by atoms with E-state index < -0.39 is 0 Å². The van der Waals surface area contributed by atoms with Crippen molar-refractivity contribution < 1.29 is 0 Å². The number of imidazole rings is 1. The minimum Gasteiger partial charge on any atom is -0.369 e. The smallest absolute Gasteiger partial charge is 0.159 e. The molecular formula is C30H40N10. The van der Waals surface area contributed by atoms with Gasteiger partial charge < -0.3 is 25.8 Å². The zero-order valence-electron chi connectivity index (χ0n) is 23.7. The number of hydrogen-bond acceptors (Lipinski definition) is 8. The van der Waals surface area contributed by atoms with E-state index in [4.69, 9.17) is 10.7 Å². The highest BCUT2D eigenvalue weighted by Gasteiger charge is 2.17. The van der Waals surface area contributed by atoms with E-state index in [0.29, 0.717) is 0 Å². The number of pyridine rings is 2. The van der Waals surface area contributed by atoms with Gasteiger partial charge in [-0.1, -0.05) is 13.8 Å². The number of nitrogens with zero attached hydrogens (tertiary/aromatic N) is 6. The van der Waals surface area contributed by atoms with Crippen LogP contribution in [0.4, 0.5) is 5.69 Å². The van der Waals surface area contributed by atoms with E-state index in [0.717, 1.165) is 109 Å². The van der Waals surface area contributed by atoms with Crippen LogP contribution >= 0.6 is 0 Å². The molecule has 1 aliphatic heterocycles. The third-order valence-electron chi connectivity index (χ3n) is 7.15. The van der Waals surface area contributed by atoms with E-state index in [2.05, 4.69) is 91.5 Å². The number of rotatable bonds is 8.